The number of alkyl halides is 6. The largest absolute Gasteiger partial charge is 0.474 e. The Hall–Kier alpha value is -4.62. The number of hydrazine groups is 2. The average Bonchev–Trinajstić information content (AvgIpc) is 3.87. The summed E-state index contributed by atoms with van der Waals surface area (Å²) < 4.78 is 90.6. The molecule has 0 radical (unpaired) electrons. The first-order valence-electron chi connectivity index (χ1n) is 18.0. The maximum Gasteiger partial charge on any atom is 0.425 e. The van der Waals surface area contributed by atoms with Crippen LogP contribution in [0.3, 0.4) is 0 Å². The number of nitrogens with zero attached hydrogens (tertiary/aromatic N) is 4. The van der Waals surface area contributed by atoms with Crippen molar-refractivity contribution in [2.75, 3.05) is 19.6 Å². The first-order valence-corrected chi connectivity index (χ1v) is 19.2. The van der Waals surface area contributed by atoms with E-state index in [1.165, 1.54) is 4.90 Å². The van der Waals surface area contributed by atoms with Crippen LogP contribution in [0.2, 0.25) is 5.02 Å². The highest BCUT2D eigenvalue weighted by Crippen LogP contribution is 2.45. The number of ether oxygens (including phenoxy) is 1. The number of carbonyl (C=O) groups excluding carboxylic acids is 3. The Morgan fingerprint density at radius 2 is 1.88 bits per heavy atom. The van der Waals surface area contributed by atoms with Gasteiger partial charge in [0.2, 0.25) is 11.5 Å². The molecule has 3 amide bonds. The van der Waals surface area contributed by atoms with Gasteiger partial charge in [-0.3, -0.25) is 24.8 Å². The predicted molar refractivity (Wildman–Crippen MR) is 194 cm³/mol. The minimum atomic E-state index is -4.93. The van der Waals surface area contributed by atoms with Crippen molar-refractivity contribution in [3.8, 4) is 5.75 Å². The van der Waals surface area contributed by atoms with Gasteiger partial charge in [-0.2, -0.15) is 26.3 Å². The minimum Gasteiger partial charge on any atom is -0.474 e. The van der Waals surface area contributed by atoms with E-state index >= 15 is 4.79 Å². The number of carbonyl (C=O) groups is 3. The summed E-state index contributed by atoms with van der Waals surface area (Å²) in [5.74, 6) is -1.95. The summed E-state index contributed by atoms with van der Waals surface area (Å²) in [4.78, 5) is 48.4. The lowest BCUT2D eigenvalue weighted by Crippen LogP contribution is -2.68. The summed E-state index contributed by atoms with van der Waals surface area (Å²) in [6.07, 6.45) is -7.16. The molecule has 302 valence electrons. The Morgan fingerprint density at radius 3 is 2.57 bits per heavy atom. The number of hydrogen-bond donors (Lipinski definition) is 4. The Balaban J connectivity index is 1.42. The van der Waals surface area contributed by atoms with E-state index in [-0.39, 0.29) is 63.4 Å². The SMILES string of the molecule is CCCC[C@H]1N(C(=O)c2ncccc2C(F)(F)F)CCC[C@@]1(Oc1csc(C(F)(F)F)c1)C(=O)N1CCc2cc(Cl)ccc2C1CCC(=O)NCC1=NNNN1. The molecule has 20 heteroatoms. The van der Waals surface area contributed by atoms with Gasteiger partial charge in [-0.1, -0.05) is 37.4 Å². The Kier molecular flexibility index (Phi) is 12.3. The molecule has 1 saturated heterocycles. The van der Waals surface area contributed by atoms with Crippen LogP contribution in [0.5, 0.6) is 5.75 Å². The number of aromatic nitrogens is 1. The quantitative estimate of drug-likeness (QED) is 0.154. The van der Waals surface area contributed by atoms with Crippen LogP contribution in [0.25, 0.3) is 0 Å². The van der Waals surface area contributed by atoms with E-state index in [9.17, 15) is 35.9 Å². The fourth-order valence-corrected chi connectivity index (χ4v) is 8.40. The average molecular weight is 829 g/mol. The minimum absolute atomic E-state index is 0.0538. The third kappa shape index (κ3) is 8.83. The van der Waals surface area contributed by atoms with E-state index in [1.807, 2.05) is 6.92 Å². The number of unbranched alkanes of at least 4 members (excludes halogenated alkanes) is 1. The molecule has 4 N–H and O–H groups in total. The molecule has 2 aromatic heterocycles. The molecule has 5 heterocycles. The van der Waals surface area contributed by atoms with Crippen LogP contribution in [-0.2, 0) is 28.4 Å². The molecular weight excluding hydrogens is 790 g/mol. The first kappa shape index (κ1) is 41.0. The van der Waals surface area contributed by atoms with E-state index in [0.29, 0.717) is 47.0 Å². The molecule has 1 fully saturated rings. The third-order valence-corrected chi connectivity index (χ3v) is 11.2. The summed E-state index contributed by atoms with van der Waals surface area (Å²) in [6.45, 7) is 1.95. The molecule has 0 aliphatic carbocycles. The molecule has 56 heavy (non-hydrogen) atoms. The second kappa shape index (κ2) is 16.9. The van der Waals surface area contributed by atoms with E-state index in [0.717, 1.165) is 40.2 Å². The summed E-state index contributed by atoms with van der Waals surface area (Å²) in [7, 11) is 0. The summed E-state index contributed by atoms with van der Waals surface area (Å²) >= 11 is 6.71. The van der Waals surface area contributed by atoms with Crippen molar-refractivity contribution in [2.45, 2.75) is 88.3 Å². The van der Waals surface area contributed by atoms with Gasteiger partial charge in [-0.15, -0.1) is 22.0 Å². The molecule has 3 atom stereocenters. The number of thiophene rings is 1. The number of hydrazone groups is 1. The number of amides is 3. The molecule has 3 aliphatic heterocycles. The molecule has 3 aliphatic rings. The van der Waals surface area contributed by atoms with Crippen LogP contribution in [0.15, 0.2) is 53.1 Å². The van der Waals surface area contributed by atoms with Crippen molar-refractivity contribution in [1.82, 2.24) is 36.6 Å². The maximum atomic E-state index is 15.5. The molecule has 1 aromatic carbocycles. The molecular formula is C36H39ClF6N8O4S. The monoisotopic (exact) mass is 828 g/mol. The number of likely N-dealkylation sites (tertiary alicyclic amines) is 1. The van der Waals surface area contributed by atoms with Crippen molar-refractivity contribution >= 4 is 46.5 Å². The van der Waals surface area contributed by atoms with Crippen LogP contribution in [0.1, 0.15) is 90.0 Å². The Labute approximate surface area is 326 Å². The predicted octanol–water partition coefficient (Wildman–Crippen LogP) is 6.40. The zero-order valence-corrected chi connectivity index (χ0v) is 31.6. The van der Waals surface area contributed by atoms with E-state index in [4.69, 9.17) is 16.3 Å². The molecule has 0 spiro atoms. The smallest absolute Gasteiger partial charge is 0.425 e. The normalized spacial score (nSPS) is 21.1. The highest BCUT2D eigenvalue weighted by atomic mass is 35.5. The number of halogens is 7. The highest BCUT2D eigenvalue weighted by Gasteiger charge is 2.57. The van der Waals surface area contributed by atoms with Crippen molar-refractivity contribution in [3.63, 3.8) is 0 Å². The van der Waals surface area contributed by atoms with Gasteiger partial charge >= 0.3 is 12.4 Å². The third-order valence-electron chi connectivity index (χ3n) is 10.1. The number of pyridine rings is 1. The van der Waals surface area contributed by atoms with Crippen LogP contribution < -0.4 is 26.5 Å². The van der Waals surface area contributed by atoms with Gasteiger partial charge in [0.15, 0.2) is 5.84 Å². The van der Waals surface area contributed by atoms with E-state index in [1.54, 1.807) is 18.2 Å². The zero-order valence-electron chi connectivity index (χ0n) is 30.0. The summed E-state index contributed by atoms with van der Waals surface area (Å²) in [5, 5.41) is 8.26. The lowest BCUT2D eigenvalue weighted by atomic mass is 9.78. The number of rotatable bonds is 12. The van der Waals surface area contributed by atoms with Gasteiger partial charge < -0.3 is 19.9 Å². The number of nitrogens with one attached hydrogen (secondary N) is 4. The molecule has 12 nitrogen and oxygen atoms in total. The van der Waals surface area contributed by atoms with Gasteiger partial charge in [-0.25, -0.2) is 5.53 Å². The van der Waals surface area contributed by atoms with Crippen molar-refractivity contribution < 1.29 is 45.5 Å². The molecule has 0 saturated carbocycles. The van der Waals surface area contributed by atoms with Crippen molar-refractivity contribution in [2.24, 2.45) is 5.10 Å². The number of hydrogen-bond acceptors (Lipinski definition) is 10. The molecule has 6 rings (SSSR count). The second-order valence-electron chi connectivity index (χ2n) is 13.6. The van der Waals surface area contributed by atoms with Gasteiger partial charge in [0.25, 0.3) is 11.8 Å². The zero-order chi connectivity index (χ0) is 40.3. The number of benzene rings is 1. The van der Waals surface area contributed by atoms with E-state index < -0.39 is 58.0 Å². The highest BCUT2D eigenvalue weighted by molar-refractivity contribution is 7.10. The van der Waals surface area contributed by atoms with Crippen molar-refractivity contribution in [3.05, 3.63) is 80.3 Å². The molecule has 1 unspecified atom stereocenters. The number of amidine groups is 1. The molecule has 3 aromatic rings. The van der Waals surface area contributed by atoms with Crippen LogP contribution in [0, 0.1) is 0 Å². The molecule has 0 bridgehead atoms. The maximum absolute atomic E-state index is 15.5. The van der Waals surface area contributed by atoms with Gasteiger partial charge in [0.05, 0.1) is 24.2 Å². The topological polar surface area (TPSA) is 140 Å². The van der Waals surface area contributed by atoms with E-state index in [2.05, 4.69) is 31.9 Å². The van der Waals surface area contributed by atoms with Crippen molar-refractivity contribution in [1.29, 1.82) is 0 Å². The second-order valence-corrected chi connectivity index (χ2v) is 15.0. The van der Waals surface area contributed by atoms with Gasteiger partial charge in [0.1, 0.15) is 16.3 Å². The Morgan fingerprint density at radius 1 is 1.07 bits per heavy atom. The number of fused-ring (bicyclic) bond motifs is 1. The lowest BCUT2D eigenvalue weighted by Gasteiger charge is -2.51. The fourth-order valence-electron chi connectivity index (χ4n) is 7.52. The first-order chi connectivity index (χ1) is 26.6. The Bertz CT molecular complexity index is 1960. The lowest BCUT2D eigenvalue weighted by molar-refractivity contribution is -0.163. The van der Waals surface area contributed by atoms with Crippen LogP contribution in [0.4, 0.5) is 26.3 Å². The fraction of sp³-hybridized carbons (Fsp3) is 0.472. The van der Waals surface area contributed by atoms with Gasteiger partial charge in [0, 0.05) is 48.6 Å². The number of piperidine rings is 1. The van der Waals surface area contributed by atoms with Gasteiger partial charge in [-0.05, 0) is 61.1 Å². The summed E-state index contributed by atoms with van der Waals surface area (Å²) in [6, 6.07) is 5.78. The van der Waals surface area contributed by atoms with Crippen LogP contribution >= 0.6 is 22.9 Å². The standard InChI is InChI=1S/C36H39ClF6N8O4S/c1-2-3-7-27-34(55-23-18-28(56-20-23)36(41,42)43,13-5-15-51(27)32(53)31-25(35(38,39)40)6-4-14-44-31)33(54)50-16-12-21-17-22(37)8-9-24(21)26(50)10-11-30(52)45-19-29-46-48-49-47-29/h4,6,8-9,14,17-18,20,26-27,48-49H,2-3,5,7,10-13,15-16,19H2,1H3,(H,45,52)(H,46,47)/t26?,27-,34+/m1/s1. The van der Waals surface area contributed by atoms with Crippen LogP contribution in [-0.4, -0.2) is 69.6 Å². The summed E-state index contributed by atoms with van der Waals surface area (Å²) in [5.41, 5.74) is 5.14.